The molecule has 0 saturated carbocycles. The van der Waals surface area contributed by atoms with Gasteiger partial charge in [-0.2, -0.15) is 0 Å². The maximum Gasteiger partial charge on any atom is 0.150 e. The van der Waals surface area contributed by atoms with Gasteiger partial charge in [0.1, 0.15) is 0 Å². The van der Waals surface area contributed by atoms with Gasteiger partial charge < -0.3 is 5.32 Å². The normalized spacial score (nSPS) is 30.4. The Balaban J connectivity index is 2.05. The van der Waals surface area contributed by atoms with Gasteiger partial charge in [0, 0.05) is 13.1 Å². The average Bonchev–Trinajstić information content (AvgIpc) is 2.59. The molecule has 0 radical (unpaired) electrons. The van der Waals surface area contributed by atoms with Crippen molar-refractivity contribution < 1.29 is 8.42 Å². The molecule has 0 aromatic rings. The molecule has 0 aliphatic carbocycles. The molecule has 2 aliphatic heterocycles. The monoisotopic (exact) mass is 259 g/mol. The molecule has 1 N–H and O–H groups in total. The minimum atomic E-state index is -2.73. The molecule has 0 aromatic heterocycles. The molecule has 2 aliphatic rings. The van der Waals surface area contributed by atoms with E-state index < -0.39 is 9.84 Å². The quantitative estimate of drug-likeness (QED) is 0.819. The van der Waals surface area contributed by atoms with Gasteiger partial charge in [-0.1, -0.05) is 26.7 Å². The number of hydrogen-bond acceptors (Lipinski definition) is 3. The van der Waals surface area contributed by atoms with Gasteiger partial charge in [0.25, 0.3) is 0 Å². The van der Waals surface area contributed by atoms with Crippen LogP contribution in [0.25, 0.3) is 0 Å². The first-order valence-electron chi connectivity index (χ1n) is 6.92. The van der Waals surface area contributed by atoms with Crippen LogP contribution >= 0.6 is 0 Å². The fraction of sp³-hybridized carbons (Fsp3) is 1.00. The Kier molecular flexibility index (Phi) is 3.83. The van der Waals surface area contributed by atoms with Crippen LogP contribution < -0.4 is 5.32 Å². The van der Waals surface area contributed by atoms with Crippen LogP contribution in [0.4, 0.5) is 0 Å². The van der Waals surface area contributed by atoms with E-state index in [1.54, 1.807) is 0 Å². The lowest BCUT2D eigenvalue weighted by molar-refractivity contribution is 0.0570. The second-order valence-corrected chi connectivity index (χ2v) is 8.18. The molecule has 2 fully saturated rings. The SMILES string of the molecule is CCC(CC)CC1(C2CCS(=O)(=O)C2)CNC1. The summed E-state index contributed by atoms with van der Waals surface area (Å²) < 4.78 is 23.3. The van der Waals surface area contributed by atoms with Crippen LogP contribution in [-0.4, -0.2) is 33.0 Å². The zero-order valence-corrected chi connectivity index (χ0v) is 11.9. The largest absolute Gasteiger partial charge is 0.316 e. The molecule has 0 spiro atoms. The fourth-order valence-electron chi connectivity index (χ4n) is 3.48. The van der Waals surface area contributed by atoms with E-state index in [1.165, 1.54) is 19.3 Å². The summed E-state index contributed by atoms with van der Waals surface area (Å²) >= 11 is 0. The third-order valence-corrected chi connectivity index (χ3v) is 6.67. The molecule has 3 nitrogen and oxygen atoms in total. The number of nitrogens with one attached hydrogen (secondary N) is 1. The number of sulfone groups is 1. The van der Waals surface area contributed by atoms with E-state index in [4.69, 9.17) is 0 Å². The Morgan fingerprint density at radius 1 is 1.29 bits per heavy atom. The molecular weight excluding hydrogens is 234 g/mol. The maximum atomic E-state index is 11.6. The summed E-state index contributed by atoms with van der Waals surface area (Å²) in [5.74, 6) is 2.03. The van der Waals surface area contributed by atoms with Crippen molar-refractivity contribution in [2.45, 2.75) is 39.5 Å². The van der Waals surface area contributed by atoms with E-state index in [9.17, 15) is 8.42 Å². The summed E-state index contributed by atoms with van der Waals surface area (Å²) in [6.45, 7) is 6.56. The van der Waals surface area contributed by atoms with Crippen molar-refractivity contribution in [3.05, 3.63) is 0 Å². The smallest absolute Gasteiger partial charge is 0.150 e. The third kappa shape index (κ3) is 2.68. The van der Waals surface area contributed by atoms with Crippen molar-refractivity contribution in [2.75, 3.05) is 24.6 Å². The van der Waals surface area contributed by atoms with E-state index in [-0.39, 0.29) is 0 Å². The highest BCUT2D eigenvalue weighted by atomic mass is 32.2. The molecule has 2 rings (SSSR count). The Labute approximate surface area is 105 Å². The first kappa shape index (κ1) is 13.3. The average molecular weight is 259 g/mol. The summed E-state index contributed by atoms with van der Waals surface area (Å²) in [5.41, 5.74) is 0.292. The lowest BCUT2D eigenvalue weighted by Crippen LogP contribution is -2.58. The van der Waals surface area contributed by atoms with Crippen molar-refractivity contribution in [1.29, 1.82) is 0 Å². The third-order valence-electron chi connectivity index (χ3n) is 4.90. The minimum absolute atomic E-state index is 0.292. The van der Waals surface area contributed by atoms with E-state index in [2.05, 4.69) is 19.2 Å². The molecule has 4 heteroatoms. The molecule has 0 amide bonds. The van der Waals surface area contributed by atoms with Crippen LogP contribution in [0.15, 0.2) is 0 Å². The van der Waals surface area contributed by atoms with Crippen LogP contribution in [0.5, 0.6) is 0 Å². The molecule has 0 aromatic carbocycles. The maximum absolute atomic E-state index is 11.6. The summed E-state index contributed by atoms with van der Waals surface area (Å²) in [5, 5.41) is 3.37. The van der Waals surface area contributed by atoms with Crippen molar-refractivity contribution in [3.63, 3.8) is 0 Å². The first-order chi connectivity index (χ1) is 8.01. The summed E-state index contributed by atoms with van der Waals surface area (Å²) in [7, 11) is -2.73. The van der Waals surface area contributed by atoms with E-state index >= 15 is 0 Å². The predicted molar refractivity (Wildman–Crippen MR) is 70.8 cm³/mol. The Hall–Kier alpha value is -0.0900. The molecular formula is C13H25NO2S. The highest BCUT2D eigenvalue weighted by Gasteiger charge is 2.48. The number of rotatable bonds is 5. The van der Waals surface area contributed by atoms with Crippen LogP contribution in [0, 0.1) is 17.3 Å². The molecule has 1 unspecified atom stereocenters. The Morgan fingerprint density at radius 2 is 1.94 bits per heavy atom. The van der Waals surface area contributed by atoms with Crippen molar-refractivity contribution in [2.24, 2.45) is 17.3 Å². The lowest BCUT2D eigenvalue weighted by atomic mass is 9.65. The van der Waals surface area contributed by atoms with E-state index in [0.717, 1.165) is 25.4 Å². The van der Waals surface area contributed by atoms with E-state index in [1.807, 2.05) is 0 Å². The van der Waals surface area contributed by atoms with Gasteiger partial charge in [-0.25, -0.2) is 8.42 Å². The standard InChI is InChI=1S/C13H25NO2S/c1-3-11(4-2)7-13(9-14-10-13)12-5-6-17(15,16)8-12/h11-12,14H,3-10H2,1-2H3. The fourth-order valence-corrected chi connectivity index (χ4v) is 5.42. The molecule has 100 valence electrons. The highest BCUT2D eigenvalue weighted by molar-refractivity contribution is 7.91. The topological polar surface area (TPSA) is 46.2 Å². The number of hydrogen-bond donors (Lipinski definition) is 1. The van der Waals surface area contributed by atoms with Crippen LogP contribution in [0.3, 0.4) is 0 Å². The summed E-state index contributed by atoms with van der Waals surface area (Å²) in [6.07, 6.45) is 4.55. The molecule has 1 atom stereocenters. The van der Waals surface area contributed by atoms with Crippen LogP contribution in [0.1, 0.15) is 39.5 Å². The zero-order valence-electron chi connectivity index (χ0n) is 11.0. The van der Waals surface area contributed by atoms with Crippen molar-refractivity contribution in [3.8, 4) is 0 Å². The second kappa shape index (κ2) is 4.88. The van der Waals surface area contributed by atoms with Crippen LogP contribution in [-0.2, 0) is 9.84 Å². The van der Waals surface area contributed by atoms with E-state index in [0.29, 0.717) is 22.8 Å². The summed E-state index contributed by atoms with van der Waals surface area (Å²) in [6, 6.07) is 0. The Morgan fingerprint density at radius 3 is 2.29 bits per heavy atom. The first-order valence-corrected chi connectivity index (χ1v) is 8.74. The van der Waals surface area contributed by atoms with Gasteiger partial charge in [-0.15, -0.1) is 0 Å². The Bertz CT molecular complexity index is 356. The van der Waals surface area contributed by atoms with Gasteiger partial charge >= 0.3 is 0 Å². The van der Waals surface area contributed by atoms with Gasteiger partial charge in [-0.3, -0.25) is 0 Å². The summed E-state index contributed by atoms with van der Waals surface area (Å²) in [4.78, 5) is 0. The van der Waals surface area contributed by atoms with Gasteiger partial charge in [0.2, 0.25) is 0 Å². The molecule has 2 saturated heterocycles. The van der Waals surface area contributed by atoms with Gasteiger partial charge in [-0.05, 0) is 30.1 Å². The lowest BCUT2D eigenvalue weighted by Gasteiger charge is -2.49. The van der Waals surface area contributed by atoms with Gasteiger partial charge in [0.05, 0.1) is 11.5 Å². The zero-order chi connectivity index (χ0) is 12.5. The minimum Gasteiger partial charge on any atom is -0.316 e. The van der Waals surface area contributed by atoms with Gasteiger partial charge in [0.15, 0.2) is 9.84 Å². The van der Waals surface area contributed by atoms with Crippen LogP contribution in [0.2, 0.25) is 0 Å². The molecule has 0 bridgehead atoms. The predicted octanol–water partition coefficient (Wildman–Crippen LogP) is 1.84. The van der Waals surface area contributed by atoms with Crippen molar-refractivity contribution in [1.82, 2.24) is 5.32 Å². The second-order valence-electron chi connectivity index (χ2n) is 5.95. The molecule has 2 heterocycles. The highest BCUT2D eigenvalue weighted by Crippen LogP contribution is 2.44. The van der Waals surface area contributed by atoms with Crippen molar-refractivity contribution >= 4 is 9.84 Å². The molecule has 17 heavy (non-hydrogen) atoms.